The van der Waals surface area contributed by atoms with Crippen molar-refractivity contribution in [2.45, 2.75) is 53.6 Å². The van der Waals surface area contributed by atoms with Gasteiger partial charge in [0.1, 0.15) is 5.82 Å². The Kier molecular flexibility index (Phi) is 6.39. The predicted molar refractivity (Wildman–Crippen MR) is 123 cm³/mol. The molecule has 1 aliphatic rings. The molecule has 4 nitrogen and oxygen atoms in total. The van der Waals surface area contributed by atoms with Gasteiger partial charge in [0.2, 0.25) is 0 Å². The molecule has 0 saturated carbocycles. The number of thioether (sulfide) groups is 1. The lowest BCUT2D eigenvalue weighted by molar-refractivity contribution is -0.123. The number of aryl methyl sites for hydroxylation is 1. The number of hydrogen-bond donors (Lipinski definition) is 0. The second kappa shape index (κ2) is 8.48. The third kappa shape index (κ3) is 4.36. The van der Waals surface area contributed by atoms with Crippen LogP contribution in [0.4, 0.5) is 4.39 Å². The predicted octanol–water partition coefficient (Wildman–Crippen LogP) is 6.08. The van der Waals surface area contributed by atoms with Crippen LogP contribution in [0.3, 0.4) is 0 Å². The highest BCUT2D eigenvalue weighted by Gasteiger charge is 2.35. The van der Waals surface area contributed by atoms with Gasteiger partial charge in [-0.15, -0.1) is 0 Å². The van der Waals surface area contributed by atoms with Crippen LogP contribution in [-0.4, -0.2) is 32.6 Å². The molecular formula is C22H25BrFN3OS. The summed E-state index contributed by atoms with van der Waals surface area (Å²) in [6, 6.07) is 7.15. The minimum atomic E-state index is -0.302. The number of aliphatic imine (C=N–C) groups is 1. The maximum Gasteiger partial charge on any atom is 0.266 e. The fraction of sp³-hybridized carbons (Fsp3) is 0.364. The molecule has 0 unspecified atom stereocenters. The lowest BCUT2D eigenvalue weighted by Crippen LogP contribution is -2.35. The molecule has 1 fully saturated rings. The lowest BCUT2D eigenvalue weighted by Gasteiger charge is -2.20. The summed E-state index contributed by atoms with van der Waals surface area (Å²) in [7, 11) is 0. The molecule has 0 spiro atoms. The van der Waals surface area contributed by atoms with Gasteiger partial charge in [0.15, 0.2) is 5.17 Å². The van der Waals surface area contributed by atoms with E-state index in [9.17, 15) is 9.18 Å². The van der Waals surface area contributed by atoms with Crippen LogP contribution in [-0.2, 0) is 4.79 Å². The molecule has 2 aromatic rings. The molecule has 1 aromatic carbocycles. The average molecular weight is 478 g/mol. The van der Waals surface area contributed by atoms with Crippen LogP contribution < -0.4 is 0 Å². The van der Waals surface area contributed by atoms with Crippen LogP contribution in [0.5, 0.6) is 0 Å². The van der Waals surface area contributed by atoms with Gasteiger partial charge >= 0.3 is 0 Å². The van der Waals surface area contributed by atoms with Crippen molar-refractivity contribution in [2.75, 3.05) is 0 Å². The molecular weight excluding hydrogens is 453 g/mol. The molecule has 154 valence electrons. The average Bonchev–Trinajstić information content (AvgIpc) is 3.04. The van der Waals surface area contributed by atoms with E-state index < -0.39 is 0 Å². The van der Waals surface area contributed by atoms with Crippen molar-refractivity contribution in [3.8, 4) is 5.69 Å². The fourth-order valence-corrected chi connectivity index (χ4v) is 4.92. The Morgan fingerprint density at radius 3 is 2.45 bits per heavy atom. The van der Waals surface area contributed by atoms with E-state index in [1.54, 1.807) is 11.0 Å². The Morgan fingerprint density at radius 2 is 1.86 bits per heavy atom. The highest BCUT2D eigenvalue weighted by Crippen LogP contribution is 2.35. The van der Waals surface area contributed by atoms with Crippen molar-refractivity contribution in [3.63, 3.8) is 0 Å². The third-order valence-corrected chi connectivity index (χ3v) is 6.12. The first-order chi connectivity index (χ1) is 13.6. The number of benzene rings is 1. The summed E-state index contributed by atoms with van der Waals surface area (Å²) in [5, 5.41) is 0.735. The molecule has 0 aliphatic carbocycles. The van der Waals surface area contributed by atoms with Crippen LogP contribution >= 0.6 is 27.7 Å². The molecule has 0 N–H and O–H groups in total. The molecule has 0 radical (unpaired) electrons. The van der Waals surface area contributed by atoms with E-state index in [-0.39, 0.29) is 23.8 Å². The number of rotatable bonds is 4. The van der Waals surface area contributed by atoms with E-state index in [0.717, 1.165) is 22.1 Å². The molecule has 29 heavy (non-hydrogen) atoms. The standard InChI is InChI=1S/C22H25BrFN3OS/c1-12(2)25-22-26(13(3)4)21(28)20(29-22)10-16-9-14(5)27(15(16)6)19-8-7-17(23)11-18(19)24/h7-13H,1-6H3/b20-10+,25-22?. The van der Waals surface area contributed by atoms with Crippen molar-refractivity contribution in [3.05, 3.63) is 56.4 Å². The monoisotopic (exact) mass is 477 g/mol. The Balaban J connectivity index is 2.05. The van der Waals surface area contributed by atoms with Crippen molar-refractivity contribution in [2.24, 2.45) is 4.99 Å². The largest absolute Gasteiger partial charge is 0.315 e. The highest BCUT2D eigenvalue weighted by atomic mass is 79.9. The van der Waals surface area contributed by atoms with Crippen LogP contribution in [0.1, 0.15) is 44.6 Å². The van der Waals surface area contributed by atoms with Crippen molar-refractivity contribution in [1.29, 1.82) is 0 Å². The van der Waals surface area contributed by atoms with Crippen LogP contribution in [0, 0.1) is 19.7 Å². The quantitative estimate of drug-likeness (QED) is 0.499. The Hall–Kier alpha value is -1.86. The number of hydrogen-bond acceptors (Lipinski definition) is 3. The van der Waals surface area contributed by atoms with Gasteiger partial charge in [-0.1, -0.05) is 15.9 Å². The van der Waals surface area contributed by atoms with E-state index in [1.807, 2.05) is 64.3 Å². The number of amidine groups is 1. The maximum atomic E-state index is 14.5. The third-order valence-electron chi connectivity index (χ3n) is 4.63. The van der Waals surface area contributed by atoms with Gasteiger partial charge in [0.25, 0.3) is 5.91 Å². The molecule has 7 heteroatoms. The molecule has 3 rings (SSSR count). The van der Waals surface area contributed by atoms with Gasteiger partial charge in [0, 0.05) is 27.9 Å². The Labute approximate surface area is 184 Å². The summed E-state index contributed by atoms with van der Waals surface area (Å²) < 4.78 is 17.1. The van der Waals surface area contributed by atoms with Gasteiger partial charge in [-0.2, -0.15) is 0 Å². The maximum absolute atomic E-state index is 14.5. The second-order valence-corrected chi connectivity index (χ2v) is 9.57. The van der Waals surface area contributed by atoms with E-state index in [0.29, 0.717) is 15.1 Å². The number of halogens is 2. The van der Waals surface area contributed by atoms with E-state index in [2.05, 4.69) is 20.9 Å². The molecule has 1 saturated heterocycles. The summed E-state index contributed by atoms with van der Waals surface area (Å²) >= 11 is 4.70. The first kappa shape index (κ1) is 21.8. The van der Waals surface area contributed by atoms with Gasteiger partial charge in [-0.05, 0) is 89.2 Å². The minimum absolute atomic E-state index is 0.0303. The van der Waals surface area contributed by atoms with Crippen molar-refractivity contribution >= 4 is 44.8 Å². The van der Waals surface area contributed by atoms with Crippen LogP contribution in [0.15, 0.2) is 38.6 Å². The smallest absolute Gasteiger partial charge is 0.266 e. The first-order valence-corrected chi connectivity index (χ1v) is 11.2. The minimum Gasteiger partial charge on any atom is -0.315 e. The summed E-state index contributed by atoms with van der Waals surface area (Å²) in [6.45, 7) is 11.8. The lowest BCUT2D eigenvalue weighted by atomic mass is 10.2. The zero-order valence-electron chi connectivity index (χ0n) is 17.5. The molecule has 1 aliphatic heterocycles. The van der Waals surface area contributed by atoms with Crippen molar-refractivity contribution < 1.29 is 9.18 Å². The van der Waals surface area contributed by atoms with E-state index in [1.165, 1.54) is 17.8 Å². The van der Waals surface area contributed by atoms with E-state index in [4.69, 9.17) is 0 Å². The number of amides is 1. The number of carbonyl (C=O) groups is 1. The molecule has 0 atom stereocenters. The Bertz CT molecular complexity index is 1020. The highest BCUT2D eigenvalue weighted by molar-refractivity contribution is 9.10. The summed E-state index contributed by atoms with van der Waals surface area (Å²) in [5.41, 5.74) is 3.18. The Morgan fingerprint density at radius 1 is 1.17 bits per heavy atom. The van der Waals surface area contributed by atoms with Crippen LogP contribution in [0.2, 0.25) is 0 Å². The summed E-state index contributed by atoms with van der Waals surface area (Å²) in [5.74, 6) is -0.340. The zero-order valence-corrected chi connectivity index (χ0v) is 19.9. The zero-order chi connectivity index (χ0) is 21.5. The van der Waals surface area contributed by atoms with Gasteiger partial charge in [-0.3, -0.25) is 14.7 Å². The fourth-order valence-electron chi connectivity index (χ4n) is 3.36. The molecule has 2 heterocycles. The van der Waals surface area contributed by atoms with Crippen molar-refractivity contribution in [1.82, 2.24) is 9.47 Å². The molecule has 1 aromatic heterocycles. The first-order valence-electron chi connectivity index (χ1n) is 9.55. The normalized spacial score (nSPS) is 17.6. The van der Waals surface area contributed by atoms with Gasteiger partial charge in [0.05, 0.1) is 10.6 Å². The summed E-state index contributed by atoms with van der Waals surface area (Å²) in [4.78, 5) is 20.0. The number of aromatic nitrogens is 1. The summed E-state index contributed by atoms with van der Waals surface area (Å²) in [6.07, 6.45) is 1.89. The van der Waals surface area contributed by atoms with Gasteiger partial charge < -0.3 is 4.57 Å². The van der Waals surface area contributed by atoms with Crippen LogP contribution in [0.25, 0.3) is 11.8 Å². The van der Waals surface area contributed by atoms with E-state index >= 15 is 0 Å². The molecule has 1 amide bonds. The molecule has 0 bridgehead atoms. The SMILES string of the molecule is Cc1cc(/C=C2/SC(=NC(C)C)N(C(C)C)C2=O)c(C)n1-c1ccc(Br)cc1F. The number of carbonyl (C=O) groups excluding carboxylic acids is 1. The number of nitrogens with zero attached hydrogens (tertiary/aromatic N) is 3. The topological polar surface area (TPSA) is 37.6 Å². The second-order valence-electron chi connectivity index (χ2n) is 7.64. The van der Waals surface area contributed by atoms with Gasteiger partial charge in [-0.25, -0.2) is 4.39 Å².